The maximum absolute atomic E-state index is 8.52. The van der Waals surface area contributed by atoms with Crippen LogP contribution in [0.25, 0.3) is 0 Å². The van der Waals surface area contributed by atoms with Crippen LogP contribution in [0.15, 0.2) is 0 Å². The number of hydrogen-bond acceptors (Lipinski definition) is 1. The van der Waals surface area contributed by atoms with Gasteiger partial charge in [0.2, 0.25) is 0 Å². The average Bonchev–Trinajstić information content (AvgIpc) is 0.722. The monoisotopic (exact) mass is 88.1 g/mol. The molecular formula is C4H13BO. The lowest BCUT2D eigenvalue weighted by Crippen LogP contribution is -2.10. The molecule has 0 aliphatic rings. The fraction of sp³-hybridized carbons (Fsp3) is 1.00. The molecule has 0 aliphatic heterocycles. The molecule has 0 amide bonds. The molecule has 0 heterocycles. The molecule has 0 saturated heterocycles. The third kappa shape index (κ3) is 59200. The molecule has 0 radical (unpaired) electrons. The highest BCUT2D eigenvalue weighted by atomic mass is 16.3. The van der Waals surface area contributed by atoms with Crippen LogP contribution in [0.5, 0.6) is 0 Å². The molecule has 0 aliphatic carbocycles. The van der Waals surface area contributed by atoms with Gasteiger partial charge in [-0.25, -0.2) is 0 Å². The van der Waals surface area contributed by atoms with E-state index in [1.165, 1.54) is 0 Å². The molecular weight excluding hydrogens is 74.9 g/mol. The molecule has 0 bridgehead atoms. The summed E-state index contributed by atoms with van der Waals surface area (Å²) in [6.07, 6.45) is 0. The number of rotatable bonds is 0. The van der Waals surface area contributed by atoms with Gasteiger partial charge in [-0.15, -0.1) is 0 Å². The Morgan fingerprint density at radius 1 is 1.17 bits per heavy atom. The summed E-state index contributed by atoms with van der Waals surface area (Å²) >= 11 is 0. The van der Waals surface area contributed by atoms with Crippen molar-refractivity contribution in [1.29, 1.82) is 0 Å². The van der Waals surface area contributed by atoms with Gasteiger partial charge in [-0.1, -0.05) is 0 Å². The Labute approximate surface area is 41.0 Å². The molecule has 0 saturated carbocycles. The van der Waals surface area contributed by atoms with E-state index >= 15 is 0 Å². The molecule has 0 fully saturated rings. The molecule has 1 nitrogen and oxygen atoms in total. The van der Waals surface area contributed by atoms with E-state index in [-0.39, 0.29) is 8.41 Å². The largest absolute Gasteiger partial charge is 0.391 e. The third-order valence-electron chi connectivity index (χ3n) is 0. The molecule has 0 rings (SSSR count). The van der Waals surface area contributed by atoms with Crippen LogP contribution in [-0.2, 0) is 0 Å². The van der Waals surface area contributed by atoms with Gasteiger partial charge in [0.1, 0.15) is 0 Å². The Balaban J connectivity index is 0. The summed E-state index contributed by atoms with van der Waals surface area (Å²) < 4.78 is 0. The van der Waals surface area contributed by atoms with Crippen molar-refractivity contribution >= 4 is 8.41 Å². The summed E-state index contributed by atoms with van der Waals surface area (Å²) in [6.45, 7) is 5.23. The van der Waals surface area contributed by atoms with E-state index in [1.807, 2.05) is 0 Å². The normalized spacial score (nSPS) is 10.0. The molecule has 0 aromatic carbocycles. The van der Waals surface area contributed by atoms with Crippen molar-refractivity contribution in [2.24, 2.45) is 0 Å². The fourth-order valence-corrected chi connectivity index (χ4v) is 0. The van der Waals surface area contributed by atoms with E-state index in [0.717, 1.165) is 0 Å². The average molecular weight is 88.0 g/mol. The Morgan fingerprint density at radius 3 is 1.17 bits per heavy atom. The van der Waals surface area contributed by atoms with E-state index < -0.39 is 5.60 Å². The predicted molar refractivity (Wildman–Crippen MR) is 31.9 cm³/mol. The van der Waals surface area contributed by atoms with Gasteiger partial charge in [-0.2, -0.15) is 0 Å². The molecule has 6 heavy (non-hydrogen) atoms. The van der Waals surface area contributed by atoms with Gasteiger partial charge in [-0.3, -0.25) is 0 Å². The van der Waals surface area contributed by atoms with E-state index in [9.17, 15) is 0 Å². The highest BCUT2D eigenvalue weighted by Crippen LogP contribution is 1.93. The van der Waals surface area contributed by atoms with Crippen molar-refractivity contribution < 1.29 is 5.11 Å². The van der Waals surface area contributed by atoms with Crippen LogP contribution in [0.2, 0.25) is 0 Å². The maximum atomic E-state index is 8.52. The maximum Gasteiger partial charge on any atom is 0.0814 e. The van der Waals surface area contributed by atoms with E-state index in [2.05, 4.69) is 0 Å². The first-order chi connectivity index (χ1) is 2.00. The van der Waals surface area contributed by atoms with Crippen molar-refractivity contribution in [3.05, 3.63) is 0 Å². The van der Waals surface area contributed by atoms with Gasteiger partial charge in [-0.05, 0) is 20.8 Å². The SMILES string of the molecule is B.CC(C)(C)O. The van der Waals surface area contributed by atoms with E-state index in [4.69, 9.17) is 5.11 Å². The smallest absolute Gasteiger partial charge is 0.0814 e. The van der Waals surface area contributed by atoms with Crippen LogP contribution in [0, 0.1) is 0 Å². The first-order valence-electron chi connectivity index (χ1n) is 1.72. The molecule has 1 N–H and O–H groups in total. The Bertz CT molecular complexity index is 23.0. The zero-order valence-corrected chi connectivity index (χ0v) is 3.95. The predicted octanol–water partition coefficient (Wildman–Crippen LogP) is -0.407. The lowest BCUT2D eigenvalue weighted by atomic mass is 10.2. The third-order valence-corrected chi connectivity index (χ3v) is 0. The van der Waals surface area contributed by atoms with Gasteiger partial charge in [0.15, 0.2) is 0 Å². The standard InChI is InChI=1S/C4H10O.BH3/c1-4(2,3)5;/h5H,1-3H3;1H3. The summed E-state index contributed by atoms with van der Waals surface area (Å²) in [4.78, 5) is 0. The number of hydrogen-bond donors (Lipinski definition) is 1. The Morgan fingerprint density at radius 2 is 1.17 bits per heavy atom. The quantitative estimate of drug-likeness (QED) is 0.399. The van der Waals surface area contributed by atoms with Crippen molar-refractivity contribution in [1.82, 2.24) is 0 Å². The topological polar surface area (TPSA) is 20.2 Å². The number of aliphatic hydroxyl groups is 1. The summed E-state index contributed by atoms with van der Waals surface area (Å²) in [5.74, 6) is 0. The summed E-state index contributed by atoms with van der Waals surface area (Å²) in [7, 11) is 0. The summed E-state index contributed by atoms with van der Waals surface area (Å²) in [5, 5.41) is 8.52. The second-order valence-electron chi connectivity index (χ2n) is 2.17. The minimum atomic E-state index is -0.500. The summed E-state index contributed by atoms with van der Waals surface area (Å²) in [6, 6.07) is 0. The van der Waals surface area contributed by atoms with Crippen molar-refractivity contribution in [2.75, 3.05) is 0 Å². The Kier molecular flexibility index (Phi) is 3.51. The fourth-order valence-electron chi connectivity index (χ4n) is 0. The minimum Gasteiger partial charge on any atom is -0.391 e. The van der Waals surface area contributed by atoms with E-state index in [1.54, 1.807) is 20.8 Å². The summed E-state index contributed by atoms with van der Waals surface area (Å²) in [5.41, 5.74) is -0.500. The molecule has 0 atom stereocenters. The molecule has 38 valence electrons. The molecule has 2 heteroatoms. The lowest BCUT2D eigenvalue weighted by Gasteiger charge is -2.04. The van der Waals surface area contributed by atoms with Gasteiger partial charge in [0.05, 0.1) is 14.0 Å². The van der Waals surface area contributed by atoms with Gasteiger partial charge < -0.3 is 5.11 Å². The zero-order valence-electron chi connectivity index (χ0n) is 3.95. The minimum absolute atomic E-state index is 0. The molecule has 0 aromatic heterocycles. The molecule has 0 aromatic rings. The first-order valence-corrected chi connectivity index (χ1v) is 1.72. The first kappa shape index (κ1) is 9.39. The highest BCUT2D eigenvalue weighted by molar-refractivity contribution is 5.75. The van der Waals surface area contributed by atoms with Crippen molar-refractivity contribution in [3.8, 4) is 0 Å². The van der Waals surface area contributed by atoms with Crippen molar-refractivity contribution in [3.63, 3.8) is 0 Å². The van der Waals surface area contributed by atoms with Gasteiger partial charge >= 0.3 is 0 Å². The van der Waals surface area contributed by atoms with Gasteiger partial charge in [0, 0.05) is 0 Å². The molecule has 0 unspecified atom stereocenters. The van der Waals surface area contributed by atoms with Crippen molar-refractivity contribution in [2.45, 2.75) is 26.4 Å². The second-order valence-corrected chi connectivity index (χ2v) is 2.17. The van der Waals surface area contributed by atoms with E-state index in [0.29, 0.717) is 0 Å². The lowest BCUT2D eigenvalue weighted by molar-refractivity contribution is 0.102. The van der Waals surface area contributed by atoms with Crippen LogP contribution in [0.3, 0.4) is 0 Å². The second kappa shape index (κ2) is 2.24. The molecule has 0 spiro atoms. The van der Waals surface area contributed by atoms with Crippen LogP contribution >= 0.6 is 0 Å². The van der Waals surface area contributed by atoms with Gasteiger partial charge in [0.25, 0.3) is 0 Å². The van der Waals surface area contributed by atoms with Crippen LogP contribution in [-0.4, -0.2) is 19.1 Å². The van der Waals surface area contributed by atoms with Crippen LogP contribution in [0.1, 0.15) is 20.8 Å². The van der Waals surface area contributed by atoms with Crippen LogP contribution < -0.4 is 0 Å². The Hall–Kier alpha value is 0.0249. The zero-order chi connectivity index (χ0) is 4.50. The highest BCUT2D eigenvalue weighted by Gasteiger charge is 1.97. The van der Waals surface area contributed by atoms with Crippen LogP contribution in [0.4, 0.5) is 0 Å².